The molecule has 1 aromatic heterocycles. The fourth-order valence-corrected chi connectivity index (χ4v) is 2.58. The van der Waals surface area contributed by atoms with Crippen LogP contribution >= 0.6 is 11.3 Å². The fourth-order valence-electron chi connectivity index (χ4n) is 1.68. The number of carbonyl (C=O) groups excluding carboxylic acids is 1. The average molecular weight is 271 g/mol. The molecule has 1 aromatic rings. The summed E-state index contributed by atoms with van der Waals surface area (Å²) in [5.41, 5.74) is 0.727. The zero-order valence-corrected chi connectivity index (χ0v) is 12.3. The number of hydrogen-bond acceptors (Lipinski definition) is 4. The summed E-state index contributed by atoms with van der Waals surface area (Å²) in [5.74, 6) is -0.151. The van der Waals surface area contributed by atoms with Crippen LogP contribution in [0.3, 0.4) is 0 Å². The average Bonchev–Trinajstić information content (AvgIpc) is 2.62. The largest absolute Gasteiger partial charge is 0.350 e. The lowest BCUT2D eigenvalue weighted by molar-refractivity contribution is 0.0952. The van der Waals surface area contributed by atoms with Gasteiger partial charge in [0, 0.05) is 25.8 Å². The van der Waals surface area contributed by atoms with Crippen LogP contribution in [0, 0.1) is 6.92 Å². The standard InChI is InChI=1S/C12H21N3O2S/c1-5-15(6-2)8-7-13-11(16)10-9(3)14(4)12(17)18-10/h5-8H2,1-4H3,(H,13,16). The molecule has 1 N–H and O–H groups in total. The number of nitrogens with one attached hydrogen (secondary N) is 1. The van der Waals surface area contributed by atoms with Crippen molar-refractivity contribution in [1.82, 2.24) is 14.8 Å². The molecule has 0 aliphatic carbocycles. The lowest BCUT2D eigenvalue weighted by atomic mass is 10.3. The van der Waals surface area contributed by atoms with E-state index in [1.165, 1.54) is 4.57 Å². The molecular formula is C12H21N3O2S. The number of thiazole rings is 1. The van der Waals surface area contributed by atoms with Gasteiger partial charge in [0.25, 0.3) is 5.91 Å². The van der Waals surface area contributed by atoms with Crippen molar-refractivity contribution >= 4 is 17.2 Å². The second kappa shape index (κ2) is 6.70. The maximum absolute atomic E-state index is 11.9. The van der Waals surface area contributed by atoms with Gasteiger partial charge in [-0.15, -0.1) is 0 Å². The highest BCUT2D eigenvalue weighted by Crippen LogP contribution is 2.09. The summed E-state index contributed by atoms with van der Waals surface area (Å²) in [4.78, 5) is 26.0. The Balaban J connectivity index is 2.56. The number of amides is 1. The van der Waals surface area contributed by atoms with Crippen LogP contribution < -0.4 is 10.2 Å². The molecule has 0 aromatic carbocycles. The Labute approximate surface area is 111 Å². The van der Waals surface area contributed by atoms with Crippen molar-refractivity contribution < 1.29 is 4.79 Å². The molecule has 1 amide bonds. The maximum Gasteiger partial charge on any atom is 0.307 e. The van der Waals surface area contributed by atoms with Gasteiger partial charge in [0.05, 0.1) is 0 Å². The topological polar surface area (TPSA) is 54.3 Å². The van der Waals surface area contributed by atoms with Gasteiger partial charge in [0.1, 0.15) is 4.88 Å². The molecule has 6 heteroatoms. The minimum Gasteiger partial charge on any atom is -0.350 e. The van der Waals surface area contributed by atoms with Crippen molar-refractivity contribution in [3.05, 3.63) is 20.2 Å². The molecule has 18 heavy (non-hydrogen) atoms. The Morgan fingerprint density at radius 3 is 2.44 bits per heavy atom. The second-order valence-electron chi connectivity index (χ2n) is 4.12. The van der Waals surface area contributed by atoms with Crippen LogP contribution in [0.5, 0.6) is 0 Å². The molecule has 0 unspecified atom stereocenters. The van der Waals surface area contributed by atoms with Gasteiger partial charge in [0.2, 0.25) is 0 Å². The van der Waals surface area contributed by atoms with Gasteiger partial charge in [-0.05, 0) is 20.0 Å². The van der Waals surface area contributed by atoms with E-state index in [0.717, 1.165) is 36.7 Å². The summed E-state index contributed by atoms with van der Waals surface area (Å²) >= 11 is 1.00. The van der Waals surface area contributed by atoms with E-state index in [4.69, 9.17) is 0 Å². The lowest BCUT2D eigenvalue weighted by Crippen LogP contribution is -2.34. The summed E-state index contributed by atoms with van der Waals surface area (Å²) in [7, 11) is 1.68. The molecule has 0 radical (unpaired) electrons. The monoisotopic (exact) mass is 271 g/mol. The normalized spacial score (nSPS) is 10.9. The number of nitrogens with zero attached hydrogens (tertiary/aromatic N) is 2. The summed E-state index contributed by atoms with van der Waals surface area (Å²) in [6.07, 6.45) is 0. The Morgan fingerprint density at radius 1 is 1.39 bits per heavy atom. The minimum absolute atomic E-state index is 0.0959. The molecule has 5 nitrogen and oxygen atoms in total. The summed E-state index contributed by atoms with van der Waals surface area (Å²) in [6, 6.07) is 0. The number of rotatable bonds is 6. The molecule has 0 saturated carbocycles. The van der Waals surface area contributed by atoms with E-state index in [0.29, 0.717) is 11.4 Å². The van der Waals surface area contributed by atoms with Gasteiger partial charge in [-0.3, -0.25) is 9.59 Å². The Hall–Kier alpha value is -1.14. The first-order chi connectivity index (χ1) is 8.51. The zero-order valence-electron chi connectivity index (χ0n) is 11.4. The van der Waals surface area contributed by atoms with E-state index in [1.54, 1.807) is 14.0 Å². The van der Waals surface area contributed by atoms with Crippen LogP contribution in [0.2, 0.25) is 0 Å². The van der Waals surface area contributed by atoms with Crippen LogP contribution in [-0.4, -0.2) is 41.6 Å². The Morgan fingerprint density at radius 2 is 2.00 bits per heavy atom. The van der Waals surface area contributed by atoms with E-state index in [9.17, 15) is 9.59 Å². The van der Waals surface area contributed by atoms with Gasteiger partial charge in [-0.25, -0.2) is 0 Å². The SMILES string of the molecule is CCN(CC)CCNC(=O)c1sc(=O)n(C)c1C. The van der Waals surface area contributed by atoms with Crippen LogP contribution in [0.1, 0.15) is 29.2 Å². The molecule has 1 rings (SSSR count). The third kappa shape index (κ3) is 3.43. The van der Waals surface area contributed by atoms with E-state index >= 15 is 0 Å². The molecule has 0 fully saturated rings. The van der Waals surface area contributed by atoms with Crippen molar-refractivity contribution in [3.8, 4) is 0 Å². The minimum atomic E-state index is -0.151. The maximum atomic E-state index is 11.9. The zero-order chi connectivity index (χ0) is 13.7. The summed E-state index contributed by atoms with van der Waals surface area (Å²) in [5, 5.41) is 2.86. The third-order valence-corrected chi connectivity index (χ3v) is 4.24. The predicted octanol–water partition coefficient (Wildman–Crippen LogP) is 0.827. The van der Waals surface area contributed by atoms with Crippen LogP contribution in [0.15, 0.2) is 4.79 Å². The van der Waals surface area contributed by atoms with Crippen molar-refractivity contribution in [2.24, 2.45) is 7.05 Å². The Kier molecular flexibility index (Phi) is 5.55. The van der Waals surface area contributed by atoms with Gasteiger partial charge in [-0.1, -0.05) is 25.2 Å². The summed E-state index contributed by atoms with van der Waals surface area (Å²) in [6.45, 7) is 9.37. The Bertz CT molecular complexity index is 460. The van der Waals surface area contributed by atoms with E-state index in [1.807, 2.05) is 0 Å². The molecular weight excluding hydrogens is 250 g/mol. The molecule has 0 aliphatic rings. The first-order valence-electron chi connectivity index (χ1n) is 6.18. The van der Waals surface area contributed by atoms with Crippen LogP contribution in [-0.2, 0) is 7.05 Å². The molecule has 1 heterocycles. The lowest BCUT2D eigenvalue weighted by Gasteiger charge is -2.17. The third-order valence-electron chi connectivity index (χ3n) is 3.11. The highest BCUT2D eigenvalue weighted by molar-refractivity contribution is 7.11. The van der Waals surface area contributed by atoms with E-state index < -0.39 is 0 Å². The van der Waals surface area contributed by atoms with Gasteiger partial charge in [-0.2, -0.15) is 0 Å². The van der Waals surface area contributed by atoms with Crippen molar-refractivity contribution in [2.75, 3.05) is 26.2 Å². The van der Waals surface area contributed by atoms with Crippen molar-refractivity contribution in [3.63, 3.8) is 0 Å². The first kappa shape index (κ1) is 14.9. The molecule has 0 saturated heterocycles. The van der Waals surface area contributed by atoms with E-state index in [2.05, 4.69) is 24.1 Å². The quantitative estimate of drug-likeness (QED) is 0.833. The molecule has 0 spiro atoms. The number of hydrogen-bond donors (Lipinski definition) is 1. The number of likely N-dealkylation sites (N-methyl/N-ethyl adjacent to an activating group) is 1. The number of aromatic nitrogens is 1. The highest BCUT2D eigenvalue weighted by atomic mass is 32.1. The van der Waals surface area contributed by atoms with Crippen molar-refractivity contribution in [1.29, 1.82) is 0 Å². The van der Waals surface area contributed by atoms with Crippen LogP contribution in [0.4, 0.5) is 0 Å². The van der Waals surface area contributed by atoms with Gasteiger partial charge in [0.15, 0.2) is 0 Å². The predicted molar refractivity (Wildman–Crippen MR) is 74.4 cm³/mol. The smallest absolute Gasteiger partial charge is 0.307 e. The molecule has 102 valence electrons. The van der Waals surface area contributed by atoms with Crippen molar-refractivity contribution in [2.45, 2.75) is 20.8 Å². The first-order valence-corrected chi connectivity index (χ1v) is 6.99. The molecule has 0 bridgehead atoms. The molecule has 0 atom stereocenters. The van der Waals surface area contributed by atoms with Crippen LogP contribution in [0.25, 0.3) is 0 Å². The van der Waals surface area contributed by atoms with Gasteiger partial charge >= 0.3 is 4.87 Å². The van der Waals surface area contributed by atoms with Gasteiger partial charge < -0.3 is 14.8 Å². The second-order valence-corrected chi connectivity index (χ2v) is 5.09. The molecule has 0 aliphatic heterocycles. The summed E-state index contributed by atoms with van der Waals surface area (Å²) < 4.78 is 1.50. The number of carbonyl (C=O) groups is 1. The highest BCUT2D eigenvalue weighted by Gasteiger charge is 2.15. The van der Waals surface area contributed by atoms with E-state index in [-0.39, 0.29) is 10.8 Å². The fraction of sp³-hybridized carbons (Fsp3) is 0.667.